The smallest absolute Gasteiger partial charge is 0.295 e. The second kappa shape index (κ2) is 13.1. The first-order valence-electron chi connectivity index (χ1n) is 13.3. The van der Waals surface area contributed by atoms with Crippen LogP contribution in [0.1, 0.15) is 42.5 Å². The Labute approximate surface area is 234 Å². The molecule has 3 aromatic carbocycles. The molecule has 1 fully saturated rings. The Hall–Kier alpha value is -4.46. The van der Waals surface area contributed by atoms with E-state index in [9.17, 15) is 14.7 Å². The van der Waals surface area contributed by atoms with Gasteiger partial charge in [-0.2, -0.15) is 0 Å². The molecule has 1 heterocycles. The van der Waals surface area contributed by atoms with Crippen molar-refractivity contribution in [3.63, 3.8) is 0 Å². The SMILES string of the molecule is CCCCOc1cccc(C(O)=C2C(=O)C(=O)N(CCc3ccccc3)C2c2cc(OC)c(OC)c(OC)c2)c1. The lowest BCUT2D eigenvalue weighted by atomic mass is 9.94. The van der Waals surface area contributed by atoms with Crippen LogP contribution in [0.4, 0.5) is 0 Å². The minimum absolute atomic E-state index is 0.0157. The zero-order chi connectivity index (χ0) is 28.6. The standard InChI is InChI=1S/C32H35NO7/c1-5-6-17-40-24-14-10-13-22(18-24)29(34)27-28(23-19-25(37-2)31(39-4)26(20-23)38-3)33(32(36)30(27)35)16-15-21-11-8-7-9-12-21/h7-14,18-20,28,34H,5-6,15-17H2,1-4H3. The Morgan fingerprint density at radius 2 is 1.60 bits per heavy atom. The Kier molecular flexibility index (Phi) is 9.32. The molecule has 0 saturated carbocycles. The van der Waals surface area contributed by atoms with Gasteiger partial charge in [0.2, 0.25) is 5.75 Å². The summed E-state index contributed by atoms with van der Waals surface area (Å²) in [4.78, 5) is 28.5. The van der Waals surface area contributed by atoms with Crippen molar-refractivity contribution in [2.45, 2.75) is 32.2 Å². The normalized spacial score (nSPS) is 16.2. The fourth-order valence-corrected chi connectivity index (χ4v) is 4.83. The quantitative estimate of drug-likeness (QED) is 0.138. The molecule has 1 unspecified atom stereocenters. The van der Waals surface area contributed by atoms with Crippen LogP contribution < -0.4 is 18.9 Å². The first-order valence-corrected chi connectivity index (χ1v) is 13.3. The lowest BCUT2D eigenvalue weighted by molar-refractivity contribution is -0.139. The number of rotatable bonds is 12. The maximum atomic E-state index is 13.5. The van der Waals surface area contributed by atoms with Gasteiger partial charge in [0.15, 0.2) is 11.5 Å². The van der Waals surface area contributed by atoms with Crippen LogP contribution in [0, 0.1) is 0 Å². The third-order valence-corrected chi connectivity index (χ3v) is 6.90. The molecule has 1 aliphatic rings. The zero-order valence-corrected chi connectivity index (χ0v) is 23.3. The van der Waals surface area contributed by atoms with E-state index in [1.54, 1.807) is 36.4 Å². The summed E-state index contributed by atoms with van der Waals surface area (Å²) in [6, 6.07) is 19.1. The second-order valence-electron chi connectivity index (χ2n) is 9.42. The van der Waals surface area contributed by atoms with E-state index in [4.69, 9.17) is 18.9 Å². The maximum absolute atomic E-state index is 13.5. The van der Waals surface area contributed by atoms with E-state index in [2.05, 4.69) is 6.92 Å². The summed E-state index contributed by atoms with van der Waals surface area (Å²) in [7, 11) is 4.50. The number of carbonyl (C=O) groups is 2. The number of nitrogens with zero attached hydrogens (tertiary/aromatic N) is 1. The third-order valence-electron chi connectivity index (χ3n) is 6.90. The minimum Gasteiger partial charge on any atom is -0.507 e. The van der Waals surface area contributed by atoms with Crippen molar-refractivity contribution in [2.75, 3.05) is 34.5 Å². The van der Waals surface area contributed by atoms with E-state index >= 15 is 0 Å². The molecule has 0 aliphatic carbocycles. The fraction of sp³-hybridized carbons (Fsp3) is 0.312. The summed E-state index contributed by atoms with van der Waals surface area (Å²) in [6.07, 6.45) is 2.40. The van der Waals surface area contributed by atoms with Gasteiger partial charge >= 0.3 is 0 Å². The Bertz CT molecular complexity index is 1360. The van der Waals surface area contributed by atoms with E-state index in [1.807, 2.05) is 30.3 Å². The van der Waals surface area contributed by atoms with Crippen molar-refractivity contribution in [1.29, 1.82) is 0 Å². The number of Topliss-reactive ketones (excluding diaryl/α,β-unsaturated/α-hetero) is 1. The number of methoxy groups -OCH3 is 3. The van der Waals surface area contributed by atoms with Crippen LogP contribution in [0.5, 0.6) is 23.0 Å². The summed E-state index contributed by atoms with van der Waals surface area (Å²) in [5, 5.41) is 11.5. The number of amides is 1. The lowest BCUT2D eigenvalue weighted by Gasteiger charge is -2.26. The predicted molar refractivity (Wildman–Crippen MR) is 152 cm³/mol. The van der Waals surface area contributed by atoms with E-state index in [0.717, 1.165) is 18.4 Å². The highest BCUT2D eigenvalue weighted by Gasteiger charge is 2.46. The highest BCUT2D eigenvalue weighted by atomic mass is 16.5. The maximum Gasteiger partial charge on any atom is 0.295 e. The summed E-state index contributed by atoms with van der Waals surface area (Å²) >= 11 is 0. The molecule has 40 heavy (non-hydrogen) atoms. The molecule has 1 aliphatic heterocycles. The van der Waals surface area contributed by atoms with Gasteiger partial charge in [0.1, 0.15) is 11.5 Å². The highest BCUT2D eigenvalue weighted by Crippen LogP contribution is 2.45. The molecule has 210 valence electrons. The molecule has 0 radical (unpaired) electrons. The van der Waals surface area contributed by atoms with E-state index in [-0.39, 0.29) is 17.9 Å². The van der Waals surface area contributed by atoms with Crippen molar-refractivity contribution in [3.05, 3.63) is 89.0 Å². The first kappa shape index (κ1) is 28.5. The molecule has 0 bridgehead atoms. The molecule has 8 nitrogen and oxygen atoms in total. The van der Waals surface area contributed by atoms with Crippen LogP contribution in [0.15, 0.2) is 72.3 Å². The van der Waals surface area contributed by atoms with Crippen LogP contribution in [0.3, 0.4) is 0 Å². The number of hydrogen-bond donors (Lipinski definition) is 1. The third kappa shape index (κ3) is 5.91. The average molecular weight is 546 g/mol. The topological polar surface area (TPSA) is 94.5 Å². The molecule has 4 rings (SSSR count). The lowest BCUT2D eigenvalue weighted by Crippen LogP contribution is -2.31. The second-order valence-corrected chi connectivity index (χ2v) is 9.42. The summed E-state index contributed by atoms with van der Waals surface area (Å²) in [6.45, 7) is 2.87. The van der Waals surface area contributed by atoms with Crippen LogP contribution in [0.2, 0.25) is 0 Å². The number of likely N-dealkylation sites (tertiary alicyclic amines) is 1. The number of ketones is 1. The minimum atomic E-state index is -0.887. The number of carbonyl (C=O) groups excluding carboxylic acids is 2. The molecule has 8 heteroatoms. The Balaban J connectivity index is 1.84. The van der Waals surface area contributed by atoms with Gasteiger partial charge in [-0.3, -0.25) is 9.59 Å². The highest BCUT2D eigenvalue weighted by molar-refractivity contribution is 6.46. The average Bonchev–Trinajstić information content (AvgIpc) is 3.24. The van der Waals surface area contributed by atoms with Crippen molar-refractivity contribution < 1.29 is 33.6 Å². The van der Waals surface area contributed by atoms with E-state index in [0.29, 0.717) is 47.2 Å². The number of aliphatic hydroxyl groups excluding tert-OH is 1. The predicted octanol–water partition coefficient (Wildman–Crippen LogP) is 5.56. The van der Waals surface area contributed by atoms with Crippen LogP contribution in [-0.2, 0) is 16.0 Å². The summed E-state index contributed by atoms with van der Waals surface area (Å²) in [5.74, 6) is -0.0332. The first-order chi connectivity index (χ1) is 19.4. The fourth-order valence-electron chi connectivity index (χ4n) is 4.83. The monoisotopic (exact) mass is 545 g/mol. The van der Waals surface area contributed by atoms with Crippen LogP contribution in [-0.4, -0.2) is 56.2 Å². The molecule has 0 aromatic heterocycles. The van der Waals surface area contributed by atoms with Gasteiger partial charge in [0.05, 0.1) is 39.6 Å². The van der Waals surface area contributed by atoms with Crippen molar-refractivity contribution >= 4 is 17.4 Å². The van der Waals surface area contributed by atoms with E-state index < -0.39 is 17.7 Å². The number of benzene rings is 3. The van der Waals surface area contributed by atoms with Crippen molar-refractivity contribution in [3.8, 4) is 23.0 Å². The van der Waals surface area contributed by atoms with Gasteiger partial charge in [-0.1, -0.05) is 55.8 Å². The summed E-state index contributed by atoms with van der Waals surface area (Å²) in [5.41, 5.74) is 1.93. The Morgan fingerprint density at radius 1 is 0.900 bits per heavy atom. The van der Waals surface area contributed by atoms with Crippen molar-refractivity contribution in [2.24, 2.45) is 0 Å². The molecule has 1 atom stereocenters. The molecule has 1 N–H and O–H groups in total. The molecule has 0 spiro atoms. The zero-order valence-electron chi connectivity index (χ0n) is 23.3. The molecular formula is C32H35NO7. The number of aliphatic hydroxyl groups is 1. The molecule has 1 amide bonds. The van der Waals surface area contributed by atoms with Gasteiger partial charge < -0.3 is 29.0 Å². The van der Waals surface area contributed by atoms with Gasteiger partial charge in [-0.05, 0) is 48.2 Å². The van der Waals surface area contributed by atoms with Gasteiger partial charge in [-0.15, -0.1) is 0 Å². The van der Waals surface area contributed by atoms with Gasteiger partial charge in [-0.25, -0.2) is 0 Å². The number of unbranched alkanes of at least 4 members (excludes halogenated alkanes) is 1. The molecule has 3 aromatic rings. The van der Waals surface area contributed by atoms with Crippen LogP contribution in [0.25, 0.3) is 5.76 Å². The van der Waals surface area contributed by atoms with Crippen molar-refractivity contribution in [1.82, 2.24) is 4.90 Å². The number of hydrogen-bond acceptors (Lipinski definition) is 7. The molecular weight excluding hydrogens is 510 g/mol. The van der Waals surface area contributed by atoms with Gasteiger partial charge in [0.25, 0.3) is 11.7 Å². The number of ether oxygens (including phenoxy) is 4. The molecule has 1 saturated heterocycles. The summed E-state index contributed by atoms with van der Waals surface area (Å²) < 4.78 is 22.4. The van der Waals surface area contributed by atoms with Crippen LogP contribution >= 0.6 is 0 Å². The van der Waals surface area contributed by atoms with Gasteiger partial charge in [0, 0.05) is 12.1 Å². The van der Waals surface area contributed by atoms with E-state index in [1.165, 1.54) is 26.2 Å². The Morgan fingerprint density at radius 3 is 2.23 bits per heavy atom. The largest absolute Gasteiger partial charge is 0.507 e.